The molecule has 0 amide bonds. The van der Waals surface area contributed by atoms with Gasteiger partial charge in [0, 0.05) is 12.0 Å². The maximum atomic E-state index is 12.3. The molecule has 114 valence electrons. The number of fused-ring (bicyclic) bond motifs is 1. The van der Waals surface area contributed by atoms with Gasteiger partial charge in [0.1, 0.15) is 5.60 Å². The number of rotatable bonds is 4. The molecular weight excluding hydrogens is 254 g/mol. The summed E-state index contributed by atoms with van der Waals surface area (Å²) in [5.74, 6) is 2.75. The van der Waals surface area contributed by atoms with E-state index >= 15 is 0 Å². The molecule has 3 fully saturated rings. The van der Waals surface area contributed by atoms with Crippen LogP contribution in [0.1, 0.15) is 52.9 Å². The van der Waals surface area contributed by atoms with Crippen molar-refractivity contribution >= 4 is 5.97 Å². The SMILES string of the molecule is CC(C)(C)OC(=O)C[C@]1(CNO)[C@@H]2CC[C@H]3C[C@@H]2[C@@H]1C3. The molecule has 4 heteroatoms. The van der Waals surface area contributed by atoms with Gasteiger partial charge in [0.2, 0.25) is 0 Å². The lowest BCUT2D eigenvalue weighted by atomic mass is 9.45. The maximum absolute atomic E-state index is 12.3. The predicted octanol–water partition coefficient (Wildman–Crippen LogP) is 2.75. The fourth-order valence-electron chi connectivity index (χ4n) is 5.40. The summed E-state index contributed by atoms with van der Waals surface area (Å²) in [6.07, 6.45) is 5.56. The molecule has 4 nitrogen and oxygen atoms in total. The fourth-order valence-corrected chi connectivity index (χ4v) is 5.40. The molecule has 2 bridgehead atoms. The summed E-state index contributed by atoms with van der Waals surface area (Å²) in [6.45, 7) is 6.26. The molecule has 0 aliphatic heterocycles. The van der Waals surface area contributed by atoms with Gasteiger partial charge in [-0.3, -0.25) is 4.79 Å². The van der Waals surface area contributed by atoms with Gasteiger partial charge in [-0.2, -0.15) is 0 Å². The highest BCUT2D eigenvalue weighted by Crippen LogP contribution is 2.70. The molecule has 20 heavy (non-hydrogen) atoms. The summed E-state index contributed by atoms with van der Waals surface area (Å²) < 4.78 is 5.52. The number of nitrogens with one attached hydrogen (secondary N) is 1. The summed E-state index contributed by atoms with van der Waals surface area (Å²) in [6, 6.07) is 0. The zero-order chi connectivity index (χ0) is 14.5. The van der Waals surface area contributed by atoms with Crippen molar-refractivity contribution in [1.29, 1.82) is 0 Å². The van der Waals surface area contributed by atoms with Crippen LogP contribution < -0.4 is 5.48 Å². The average molecular weight is 281 g/mol. The lowest BCUT2D eigenvalue weighted by Gasteiger charge is -2.59. The van der Waals surface area contributed by atoms with Crippen molar-refractivity contribution in [1.82, 2.24) is 5.48 Å². The average Bonchev–Trinajstić information content (AvgIpc) is 2.50. The van der Waals surface area contributed by atoms with Gasteiger partial charge in [0.15, 0.2) is 0 Å². The summed E-state index contributed by atoms with van der Waals surface area (Å²) in [7, 11) is 0. The Labute approximate surface area is 121 Å². The second kappa shape index (κ2) is 4.70. The van der Waals surface area contributed by atoms with Crippen molar-refractivity contribution in [2.75, 3.05) is 6.54 Å². The molecule has 3 saturated carbocycles. The highest BCUT2D eigenvalue weighted by atomic mass is 16.6. The first kappa shape index (κ1) is 14.3. The molecule has 0 aromatic carbocycles. The van der Waals surface area contributed by atoms with E-state index in [1.807, 2.05) is 20.8 Å². The van der Waals surface area contributed by atoms with Crippen LogP contribution in [0.4, 0.5) is 0 Å². The Morgan fingerprint density at radius 3 is 2.70 bits per heavy atom. The monoisotopic (exact) mass is 281 g/mol. The summed E-state index contributed by atoms with van der Waals surface area (Å²) in [4.78, 5) is 12.3. The second-order valence-corrected chi connectivity index (χ2v) is 8.12. The minimum Gasteiger partial charge on any atom is -0.460 e. The van der Waals surface area contributed by atoms with E-state index in [1.54, 1.807) is 0 Å². The van der Waals surface area contributed by atoms with Crippen LogP contribution in [0.5, 0.6) is 0 Å². The summed E-state index contributed by atoms with van der Waals surface area (Å²) >= 11 is 0. The molecule has 0 unspecified atom stereocenters. The van der Waals surface area contributed by atoms with Crippen molar-refractivity contribution in [3.8, 4) is 0 Å². The maximum Gasteiger partial charge on any atom is 0.306 e. The molecule has 0 aromatic rings. The molecule has 0 radical (unpaired) electrons. The van der Waals surface area contributed by atoms with E-state index in [0.29, 0.717) is 24.8 Å². The fraction of sp³-hybridized carbons (Fsp3) is 0.938. The minimum atomic E-state index is -0.429. The largest absolute Gasteiger partial charge is 0.460 e. The zero-order valence-electron chi connectivity index (χ0n) is 12.8. The van der Waals surface area contributed by atoms with Crippen molar-refractivity contribution in [3.63, 3.8) is 0 Å². The normalized spacial score (nSPS) is 42.2. The number of carbonyl (C=O) groups excluding carboxylic acids is 1. The lowest BCUT2D eigenvalue weighted by Crippen LogP contribution is -2.60. The van der Waals surface area contributed by atoms with E-state index in [4.69, 9.17) is 4.74 Å². The predicted molar refractivity (Wildman–Crippen MR) is 75.1 cm³/mol. The number of hydrogen-bond donors (Lipinski definition) is 2. The minimum absolute atomic E-state index is 0.0625. The molecule has 0 saturated heterocycles. The van der Waals surface area contributed by atoms with Crippen molar-refractivity contribution in [3.05, 3.63) is 0 Å². The topological polar surface area (TPSA) is 58.6 Å². The van der Waals surface area contributed by atoms with Crippen LogP contribution in [0.3, 0.4) is 0 Å². The smallest absolute Gasteiger partial charge is 0.306 e. The molecule has 2 N–H and O–H groups in total. The third kappa shape index (κ3) is 2.17. The van der Waals surface area contributed by atoms with E-state index < -0.39 is 5.60 Å². The highest BCUT2D eigenvalue weighted by Gasteiger charge is 2.66. The van der Waals surface area contributed by atoms with Gasteiger partial charge >= 0.3 is 5.97 Å². The Hall–Kier alpha value is -0.610. The van der Waals surface area contributed by atoms with Crippen LogP contribution in [0, 0.1) is 29.1 Å². The highest BCUT2D eigenvalue weighted by molar-refractivity contribution is 5.71. The Bertz CT molecular complexity index is 395. The van der Waals surface area contributed by atoms with Crippen LogP contribution >= 0.6 is 0 Å². The van der Waals surface area contributed by atoms with Crippen molar-refractivity contribution in [2.45, 2.75) is 58.5 Å². The Morgan fingerprint density at radius 1 is 1.30 bits per heavy atom. The van der Waals surface area contributed by atoms with Gasteiger partial charge in [-0.1, -0.05) is 6.42 Å². The third-order valence-electron chi connectivity index (χ3n) is 5.89. The van der Waals surface area contributed by atoms with E-state index in [2.05, 4.69) is 5.48 Å². The first-order valence-electron chi connectivity index (χ1n) is 7.94. The van der Waals surface area contributed by atoms with E-state index in [-0.39, 0.29) is 11.4 Å². The zero-order valence-corrected chi connectivity index (χ0v) is 12.8. The van der Waals surface area contributed by atoms with Gasteiger partial charge < -0.3 is 9.94 Å². The molecular formula is C16H27NO3. The second-order valence-electron chi connectivity index (χ2n) is 8.12. The molecule has 3 rings (SSSR count). The number of esters is 1. The standard InChI is InChI=1S/C16H27NO3/c1-15(2,3)20-14(18)8-16(9-17-19)12-5-4-10-6-11(12)13(16)7-10/h10-13,17,19H,4-9H2,1-3H3/t10-,11-,12+,13-,16-/m0/s1. The number of hydrogen-bond acceptors (Lipinski definition) is 4. The summed E-state index contributed by atoms with van der Waals surface area (Å²) in [5, 5.41) is 9.26. The van der Waals surface area contributed by atoms with Gasteiger partial charge in [-0.15, -0.1) is 0 Å². The Balaban J connectivity index is 1.75. The van der Waals surface area contributed by atoms with Crippen LogP contribution in [0.15, 0.2) is 0 Å². The van der Waals surface area contributed by atoms with Gasteiger partial charge in [-0.25, -0.2) is 5.48 Å². The number of carbonyl (C=O) groups is 1. The Kier molecular flexibility index (Phi) is 3.37. The quantitative estimate of drug-likeness (QED) is 0.614. The van der Waals surface area contributed by atoms with E-state index in [1.165, 1.54) is 25.7 Å². The first-order chi connectivity index (χ1) is 9.36. The molecule has 3 aliphatic carbocycles. The first-order valence-corrected chi connectivity index (χ1v) is 7.94. The van der Waals surface area contributed by atoms with Crippen LogP contribution in [0.2, 0.25) is 0 Å². The lowest BCUT2D eigenvalue weighted by molar-refractivity contribution is -0.176. The molecule has 3 aliphatic rings. The van der Waals surface area contributed by atoms with Crippen LogP contribution in [-0.2, 0) is 9.53 Å². The molecule has 0 aromatic heterocycles. The molecule has 0 spiro atoms. The summed E-state index contributed by atoms with van der Waals surface area (Å²) in [5.41, 5.74) is 1.88. The van der Waals surface area contributed by atoms with Crippen molar-refractivity contribution < 1.29 is 14.7 Å². The third-order valence-corrected chi connectivity index (χ3v) is 5.89. The van der Waals surface area contributed by atoms with Crippen LogP contribution in [0.25, 0.3) is 0 Å². The Morgan fingerprint density at radius 2 is 2.05 bits per heavy atom. The van der Waals surface area contributed by atoms with Crippen LogP contribution in [-0.4, -0.2) is 23.3 Å². The van der Waals surface area contributed by atoms with Gasteiger partial charge in [0.25, 0.3) is 0 Å². The van der Waals surface area contributed by atoms with Crippen molar-refractivity contribution in [2.24, 2.45) is 29.1 Å². The molecule has 0 heterocycles. The van der Waals surface area contributed by atoms with E-state index in [9.17, 15) is 10.0 Å². The van der Waals surface area contributed by atoms with Gasteiger partial charge in [-0.05, 0) is 63.7 Å². The number of ether oxygens (including phenoxy) is 1. The van der Waals surface area contributed by atoms with Gasteiger partial charge in [0.05, 0.1) is 6.42 Å². The number of hydroxylamine groups is 1. The van der Waals surface area contributed by atoms with E-state index in [0.717, 1.165) is 11.8 Å². The molecule has 5 atom stereocenters.